The van der Waals surface area contributed by atoms with Crippen LogP contribution in [-0.2, 0) is 12.7 Å². The largest absolute Gasteiger partial charge is 0.416 e. The molecule has 0 atom stereocenters. The fourth-order valence-corrected chi connectivity index (χ4v) is 2.56. The third kappa shape index (κ3) is 4.04. The van der Waals surface area contributed by atoms with Crippen LogP contribution in [0.4, 0.5) is 13.2 Å². The van der Waals surface area contributed by atoms with Gasteiger partial charge in [-0.3, -0.25) is 4.79 Å². The molecule has 0 heterocycles. The molecular weight excluding hydrogens is 311 g/mol. The van der Waals surface area contributed by atoms with Crippen molar-refractivity contribution in [3.8, 4) is 0 Å². The summed E-state index contributed by atoms with van der Waals surface area (Å²) < 4.78 is 37.9. The Kier molecular flexibility index (Phi) is 5.13. The number of carbonyl (C=O) groups is 1. The Morgan fingerprint density at radius 1 is 1.14 bits per heavy atom. The summed E-state index contributed by atoms with van der Waals surface area (Å²) in [6, 6.07) is 12.0. The van der Waals surface area contributed by atoms with Gasteiger partial charge in [-0.15, -0.1) is 11.8 Å². The molecule has 116 valence electrons. The van der Waals surface area contributed by atoms with Crippen LogP contribution in [0.3, 0.4) is 0 Å². The van der Waals surface area contributed by atoms with E-state index < -0.39 is 11.7 Å². The van der Waals surface area contributed by atoms with Gasteiger partial charge in [0.2, 0.25) is 0 Å². The fourth-order valence-electron chi connectivity index (χ4n) is 1.97. The van der Waals surface area contributed by atoms with Gasteiger partial charge in [0.15, 0.2) is 0 Å². The van der Waals surface area contributed by atoms with Crippen molar-refractivity contribution < 1.29 is 18.0 Å². The van der Waals surface area contributed by atoms with Crippen LogP contribution >= 0.6 is 11.8 Å². The maximum atomic E-state index is 12.6. The van der Waals surface area contributed by atoms with Gasteiger partial charge < -0.3 is 5.32 Å². The third-order valence-electron chi connectivity index (χ3n) is 3.06. The number of thioether (sulfide) groups is 1. The number of hydrogen-bond acceptors (Lipinski definition) is 2. The monoisotopic (exact) mass is 325 g/mol. The zero-order valence-electron chi connectivity index (χ0n) is 11.8. The summed E-state index contributed by atoms with van der Waals surface area (Å²) in [4.78, 5) is 13.0. The summed E-state index contributed by atoms with van der Waals surface area (Å²) in [5, 5.41) is 2.65. The van der Waals surface area contributed by atoms with Gasteiger partial charge in [-0.1, -0.05) is 24.3 Å². The van der Waals surface area contributed by atoms with Crippen molar-refractivity contribution in [1.29, 1.82) is 0 Å². The van der Waals surface area contributed by atoms with E-state index >= 15 is 0 Å². The minimum absolute atomic E-state index is 0.0471. The molecule has 0 unspecified atom stereocenters. The van der Waals surface area contributed by atoms with E-state index in [2.05, 4.69) is 5.32 Å². The van der Waals surface area contributed by atoms with Crippen LogP contribution in [0.15, 0.2) is 53.4 Å². The van der Waals surface area contributed by atoms with E-state index in [0.29, 0.717) is 11.1 Å². The molecule has 0 spiro atoms. The van der Waals surface area contributed by atoms with Gasteiger partial charge in [-0.25, -0.2) is 0 Å². The van der Waals surface area contributed by atoms with E-state index in [-0.39, 0.29) is 12.5 Å². The molecule has 0 aliphatic rings. The summed E-state index contributed by atoms with van der Waals surface area (Å²) in [7, 11) is 0. The molecular formula is C16H14F3NOS. The lowest BCUT2D eigenvalue weighted by atomic mass is 10.1. The van der Waals surface area contributed by atoms with E-state index in [9.17, 15) is 18.0 Å². The highest BCUT2D eigenvalue weighted by Gasteiger charge is 2.30. The second-order valence-corrected chi connectivity index (χ2v) is 5.43. The standard InChI is InChI=1S/C16H14F3NOS/c1-22-14-8-3-2-7-13(14)15(21)20-10-11-5-4-6-12(9-11)16(17,18)19/h2-9H,10H2,1H3,(H,20,21). The minimum Gasteiger partial charge on any atom is -0.348 e. The van der Waals surface area contributed by atoms with E-state index in [1.54, 1.807) is 18.2 Å². The lowest BCUT2D eigenvalue weighted by molar-refractivity contribution is -0.137. The van der Waals surface area contributed by atoms with Crippen molar-refractivity contribution in [3.63, 3.8) is 0 Å². The first-order chi connectivity index (χ1) is 10.4. The molecule has 0 bridgehead atoms. The Bertz CT molecular complexity index is 670. The highest BCUT2D eigenvalue weighted by molar-refractivity contribution is 7.98. The second kappa shape index (κ2) is 6.87. The topological polar surface area (TPSA) is 29.1 Å². The zero-order chi connectivity index (χ0) is 16.2. The van der Waals surface area contributed by atoms with Crippen LogP contribution < -0.4 is 5.32 Å². The predicted molar refractivity (Wildman–Crippen MR) is 80.8 cm³/mol. The Labute approximate surface area is 130 Å². The van der Waals surface area contributed by atoms with Gasteiger partial charge >= 0.3 is 6.18 Å². The second-order valence-electron chi connectivity index (χ2n) is 4.58. The van der Waals surface area contributed by atoms with E-state index in [1.165, 1.54) is 17.8 Å². The quantitative estimate of drug-likeness (QED) is 0.847. The molecule has 0 saturated heterocycles. The van der Waals surface area contributed by atoms with Gasteiger partial charge in [-0.2, -0.15) is 13.2 Å². The fraction of sp³-hybridized carbons (Fsp3) is 0.188. The first-order valence-electron chi connectivity index (χ1n) is 6.49. The van der Waals surface area contributed by atoms with Gasteiger partial charge in [0.25, 0.3) is 5.91 Å². The van der Waals surface area contributed by atoms with Gasteiger partial charge in [0.05, 0.1) is 11.1 Å². The molecule has 0 fully saturated rings. The van der Waals surface area contributed by atoms with E-state index in [1.807, 2.05) is 18.4 Å². The number of nitrogens with one attached hydrogen (secondary N) is 1. The molecule has 2 nitrogen and oxygen atoms in total. The van der Waals surface area contributed by atoms with Crippen LogP contribution in [0, 0.1) is 0 Å². The van der Waals surface area contributed by atoms with Crippen LogP contribution in [0.25, 0.3) is 0 Å². The molecule has 2 rings (SSSR count). The Balaban J connectivity index is 2.08. The molecule has 2 aromatic rings. The molecule has 0 saturated carbocycles. The number of carbonyl (C=O) groups excluding carboxylic acids is 1. The Morgan fingerprint density at radius 3 is 2.55 bits per heavy atom. The Morgan fingerprint density at radius 2 is 1.86 bits per heavy atom. The molecule has 2 aromatic carbocycles. The molecule has 1 amide bonds. The lowest BCUT2D eigenvalue weighted by Crippen LogP contribution is -2.23. The first kappa shape index (κ1) is 16.4. The number of benzene rings is 2. The van der Waals surface area contributed by atoms with Gasteiger partial charge in [-0.05, 0) is 36.1 Å². The summed E-state index contributed by atoms with van der Waals surface area (Å²) in [5.74, 6) is -0.303. The van der Waals surface area contributed by atoms with Crippen molar-refractivity contribution in [3.05, 3.63) is 65.2 Å². The smallest absolute Gasteiger partial charge is 0.348 e. The van der Waals surface area contributed by atoms with Crippen LogP contribution in [0.1, 0.15) is 21.5 Å². The van der Waals surface area contributed by atoms with Gasteiger partial charge in [0, 0.05) is 11.4 Å². The Hall–Kier alpha value is -1.95. The van der Waals surface area contributed by atoms with Crippen LogP contribution in [0.5, 0.6) is 0 Å². The number of rotatable bonds is 4. The normalized spacial score (nSPS) is 11.3. The minimum atomic E-state index is -4.38. The molecule has 0 radical (unpaired) electrons. The van der Waals surface area contributed by atoms with Crippen LogP contribution in [-0.4, -0.2) is 12.2 Å². The average Bonchev–Trinajstić information content (AvgIpc) is 2.52. The number of alkyl halides is 3. The summed E-state index contributed by atoms with van der Waals surface area (Å²) in [5.41, 5.74) is 0.204. The molecule has 6 heteroatoms. The van der Waals surface area contributed by atoms with E-state index in [0.717, 1.165) is 17.0 Å². The zero-order valence-corrected chi connectivity index (χ0v) is 12.6. The third-order valence-corrected chi connectivity index (χ3v) is 3.85. The highest BCUT2D eigenvalue weighted by atomic mass is 32.2. The van der Waals surface area contributed by atoms with Crippen molar-refractivity contribution in [2.24, 2.45) is 0 Å². The summed E-state index contributed by atoms with van der Waals surface area (Å²) >= 11 is 1.44. The maximum absolute atomic E-state index is 12.6. The number of halogens is 3. The van der Waals surface area contributed by atoms with Crippen molar-refractivity contribution >= 4 is 17.7 Å². The SMILES string of the molecule is CSc1ccccc1C(=O)NCc1cccc(C(F)(F)F)c1. The highest BCUT2D eigenvalue weighted by Crippen LogP contribution is 2.29. The number of amides is 1. The number of hydrogen-bond donors (Lipinski definition) is 1. The average molecular weight is 325 g/mol. The molecule has 0 aliphatic carbocycles. The summed E-state index contributed by atoms with van der Waals surface area (Å²) in [6.45, 7) is 0.0471. The molecule has 1 N–H and O–H groups in total. The van der Waals surface area contributed by atoms with Crippen molar-refractivity contribution in [1.82, 2.24) is 5.32 Å². The summed E-state index contributed by atoms with van der Waals surface area (Å²) in [6.07, 6.45) is -2.52. The molecule has 0 aliphatic heterocycles. The van der Waals surface area contributed by atoms with E-state index in [4.69, 9.17) is 0 Å². The molecule has 0 aromatic heterocycles. The molecule has 22 heavy (non-hydrogen) atoms. The van der Waals surface area contributed by atoms with Crippen molar-refractivity contribution in [2.45, 2.75) is 17.6 Å². The van der Waals surface area contributed by atoms with Crippen LogP contribution in [0.2, 0.25) is 0 Å². The van der Waals surface area contributed by atoms with Crippen molar-refractivity contribution in [2.75, 3.05) is 6.26 Å². The van der Waals surface area contributed by atoms with Gasteiger partial charge in [0.1, 0.15) is 0 Å². The maximum Gasteiger partial charge on any atom is 0.416 e. The first-order valence-corrected chi connectivity index (χ1v) is 7.71. The predicted octanol–water partition coefficient (Wildman–Crippen LogP) is 4.36. The lowest BCUT2D eigenvalue weighted by Gasteiger charge is -2.11.